The summed E-state index contributed by atoms with van der Waals surface area (Å²) in [5, 5.41) is 2.69. The number of ether oxygens (including phenoxy) is 1. The largest absolute Gasteiger partial charge is 0.450 e. The number of carbonyl (C=O) groups excluding carboxylic acids is 8. The van der Waals surface area contributed by atoms with Gasteiger partial charge in [0.05, 0.1) is 12.6 Å². The van der Waals surface area contributed by atoms with E-state index >= 15 is 0 Å². The molecule has 3 heterocycles. The number of fused-ring (bicyclic) bond motifs is 3. The van der Waals surface area contributed by atoms with Crippen LogP contribution in [0.3, 0.4) is 0 Å². The number of allylic oxidation sites excluding steroid dienone is 1. The number of ketones is 4. The maximum absolute atomic E-state index is 14.6. The van der Waals surface area contributed by atoms with Crippen LogP contribution in [0.2, 0.25) is 0 Å². The van der Waals surface area contributed by atoms with Crippen LogP contribution >= 0.6 is 0 Å². The lowest BCUT2D eigenvalue weighted by molar-refractivity contribution is -0.154. The second-order valence-corrected chi connectivity index (χ2v) is 18.7. The molecule has 1 N–H and O–H groups in total. The first-order valence-corrected chi connectivity index (χ1v) is 19.9. The van der Waals surface area contributed by atoms with Crippen molar-refractivity contribution in [3.8, 4) is 0 Å². The van der Waals surface area contributed by atoms with E-state index in [-0.39, 0.29) is 117 Å². The Hall–Kier alpha value is -3.70. The summed E-state index contributed by atoms with van der Waals surface area (Å²) in [6, 6.07) is -0.772. The van der Waals surface area contributed by atoms with E-state index in [0.717, 1.165) is 0 Å². The second kappa shape index (κ2) is 17.4. The van der Waals surface area contributed by atoms with Crippen molar-refractivity contribution in [2.45, 2.75) is 132 Å². The highest BCUT2D eigenvalue weighted by Crippen LogP contribution is 2.65. The van der Waals surface area contributed by atoms with Crippen molar-refractivity contribution in [3.63, 3.8) is 0 Å². The lowest BCUT2D eigenvalue weighted by Crippen LogP contribution is -2.50. The molecule has 54 heavy (non-hydrogen) atoms. The second-order valence-electron chi connectivity index (χ2n) is 18.7. The van der Waals surface area contributed by atoms with Crippen LogP contribution in [0.1, 0.15) is 126 Å². The van der Waals surface area contributed by atoms with E-state index in [9.17, 15) is 38.4 Å². The predicted octanol–water partition coefficient (Wildman–Crippen LogP) is 5.64. The number of cyclic esters (lactones) is 1. The van der Waals surface area contributed by atoms with E-state index in [0.29, 0.717) is 38.8 Å². The number of hydrogen-bond donors (Lipinski definition) is 1. The minimum atomic E-state index is -0.841. The molecule has 12 nitrogen and oxygen atoms in total. The highest BCUT2D eigenvalue weighted by Gasteiger charge is 2.69. The number of piperidine rings is 2. The zero-order valence-electron chi connectivity index (χ0n) is 33.6. The first kappa shape index (κ1) is 43.0. The first-order chi connectivity index (χ1) is 25.2. The quantitative estimate of drug-likeness (QED) is 0.160. The standard InChI is InChI=1S/C42H63N3O9/c1-9-10-16-31(47)37(51)26-14-11-12-17-43-39(53)54-18-13-15-27(38(52)45-25-30-35(42(30,7)8)36(45)32(48)20-26)19-29(46)21-28(40(2,3)4)24-44-33(49)22-41(5,6)23-34(44)50/h9,26-28,30,35-36H,1,10-25H2,2-8H3,(H,43,53)/t26-,27-,28-,30+,35+,36-/m1/s1. The Balaban J connectivity index is 1.58. The molecule has 3 aliphatic heterocycles. The summed E-state index contributed by atoms with van der Waals surface area (Å²) >= 11 is 0. The van der Waals surface area contributed by atoms with Crippen molar-refractivity contribution in [2.24, 2.45) is 45.8 Å². The van der Waals surface area contributed by atoms with Crippen LogP contribution in [0.25, 0.3) is 0 Å². The summed E-state index contributed by atoms with van der Waals surface area (Å²) in [5.41, 5.74) is -1.04. The topological polar surface area (TPSA) is 164 Å². The van der Waals surface area contributed by atoms with Crippen molar-refractivity contribution in [2.75, 3.05) is 26.2 Å². The number of hydrogen-bond acceptors (Lipinski definition) is 9. The van der Waals surface area contributed by atoms with Crippen LogP contribution < -0.4 is 5.32 Å². The molecule has 0 spiro atoms. The summed E-state index contributed by atoms with van der Waals surface area (Å²) in [7, 11) is 0. The number of nitrogens with zero attached hydrogens (tertiary/aromatic N) is 2. The SMILES string of the molecule is C=CCCC(=O)C(=O)[C@@H]1CCCCNC(=O)OCCC[C@H](CC(=O)C[C@H](CN2C(=O)CC(C)(C)CC2=O)C(C)(C)C)C(=O)N2C[C@H]3[C@@H]([C@H]2C(=O)C1)C3(C)C. The fraction of sp³-hybridized carbons (Fsp3) is 0.762. The molecule has 12 heteroatoms. The summed E-state index contributed by atoms with van der Waals surface area (Å²) in [4.78, 5) is 110. The number of alkyl carbamates (subject to hydrolysis) is 1. The number of carbonyl (C=O) groups is 8. The molecule has 4 aliphatic rings. The number of nitrogens with one attached hydrogen (secondary N) is 1. The van der Waals surface area contributed by atoms with Crippen molar-refractivity contribution < 1.29 is 43.1 Å². The van der Waals surface area contributed by atoms with Gasteiger partial charge in [0.15, 0.2) is 11.6 Å². The van der Waals surface area contributed by atoms with Gasteiger partial charge in [-0.1, -0.05) is 61.0 Å². The Kier molecular flexibility index (Phi) is 13.9. The van der Waals surface area contributed by atoms with E-state index in [1.807, 2.05) is 34.6 Å². The smallest absolute Gasteiger partial charge is 0.407 e. The van der Waals surface area contributed by atoms with E-state index < -0.39 is 46.4 Å². The van der Waals surface area contributed by atoms with Gasteiger partial charge in [0.25, 0.3) is 0 Å². The maximum atomic E-state index is 14.6. The third-order valence-corrected chi connectivity index (χ3v) is 12.5. The normalized spacial score (nSPS) is 28.6. The van der Waals surface area contributed by atoms with Crippen LogP contribution in [0.4, 0.5) is 4.79 Å². The molecule has 6 atom stereocenters. The van der Waals surface area contributed by atoms with Crippen molar-refractivity contribution in [3.05, 3.63) is 12.7 Å². The van der Waals surface area contributed by atoms with Crippen LogP contribution in [0.15, 0.2) is 12.7 Å². The number of amides is 4. The van der Waals surface area contributed by atoms with Gasteiger partial charge in [0.1, 0.15) is 5.78 Å². The van der Waals surface area contributed by atoms with Crippen LogP contribution in [-0.2, 0) is 38.3 Å². The highest BCUT2D eigenvalue weighted by atomic mass is 16.5. The number of imide groups is 1. The third-order valence-electron chi connectivity index (χ3n) is 12.5. The molecular formula is C42H63N3O9. The van der Waals surface area contributed by atoms with Gasteiger partial charge in [0, 0.05) is 70.0 Å². The Morgan fingerprint density at radius 3 is 2.28 bits per heavy atom. The molecule has 0 radical (unpaired) electrons. The lowest BCUT2D eigenvalue weighted by atomic mass is 9.75. The van der Waals surface area contributed by atoms with Crippen LogP contribution in [0.5, 0.6) is 0 Å². The van der Waals surface area contributed by atoms with E-state index in [1.165, 1.54) is 4.90 Å². The lowest BCUT2D eigenvalue weighted by Gasteiger charge is -2.39. The molecule has 1 saturated carbocycles. The van der Waals surface area contributed by atoms with E-state index in [2.05, 4.69) is 25.7 Å². The molecule has 0 aromatic carbocycles. The molecule has 300 valence electrons. The number of rotatable bonds is 11. The van der Waals surface area contributed by atoms with Gasteiger partial charge in [-0.15, -0.1) is 6.58 Å². The highest BCUT2D eigenvalue weighted by molar-refractivity contribution is 6.38. The van der Waals surface area contributed by atoms with Gasteiger partial charge in [0.2, 0.25) is 23.5 Å². The van der Waals surface area contributed by atoms with Crippen molar-refractivity contribution >= 4 is 46.9 Å². The fourth-order valence-electron chi connectivity index (χ4n) is 8.87. The van der Waals surface area contributed by atoms with Crippen molar-refractivity contribution in [1.29, 1.82) is 0 Å². The van der Waals surface area contributed by atoms with Gasteiger partial charge in [-0.05, 0) is 66.1 Å². The minimum absolute atomic E-state index is 0.0147. The summed E-state index contributed by atoms with van der Waals surface area (Å²) in [6.07, 6.45) is 3.47. The summed E-state index contributed by atoms with van der Waals surface area (Å²) in [5.74, 6) is -4.39. The molecular weight excluding hydrogens is 690 g/mol. The van der Waals surface area contributed by atoms with Crippen molar-refractivity contribution in [1.82, 2.24) is 15.1 Å². The monoisotopic (exact) mass is 753 g/mol. The zero-order chi connectivity index (χ0) is 40.2. The van der Waals surface area contributed by atoms with E-state index in [4.69, 9.17) is 4.74 Å². The molecule has 0 bridgehead atoms. The van der Waals surface area contributed by atoms with Gasteiger partial charge < -0.3 is 15.0 Å². The molecule has 4 fully saturated rings. The average molecular weight is 754 g/mol. The Labute approximate surface area is 320 Å². The predicted molar refractivity (Wildman–Crippen MR) is 202 cm³/mol. The molecule has 4 rings (SSSR count). The third kappa shape index (κ3) is 10.5. The molecule has 0 aromatic rings. The van der Waals surface area contributed by atoms with E-state index in [1.54, 1.807) is 11.0 Å². The molecule has 4 amide bonds. The minimum Gasteiger partial charge on any atom is -0.450 e. The fourth-order valence-corrected chi connectivity index (χ4v) is 8.87. The van der Waals surface area contributed by atoms with Crippen LogP contribution in [-0.4, -0.2) is 89.0 Å². The molecule has 3 saturated heterocycles. The molecule has 0 unspecified atom stereocenters. The maximum Gasteiger partial charge on any atom is 0.407 e. The van der Waals surface area contributed by atoms with Crippen LogP contribution in [0, 0.1) is 45.8 Å². The zero-order valence-corrected chi connectivity index (χ0v) is 33.6. The Morgan fingerprint density at radius 1 is 0.981 bits per heavy atom. The number of likely N-dealkylation sites (tertiary alicyclic amines) is 1. The summed E-state index contributed by atoms with van der Waals surface area (Å²) < 4.78 is 5.38. The number of Topliss-reactive ketones (excluding diaryl/α,β-unsaturated/α-hetero) is 4. The van der Waals surface area contributed by atoms with Gasteiger partial charge in [-0.3, -0.25) is 38.5 Å². The molecule has 0 aromatic heterocycles. The van der Waals surface area contributed by atoms with Gasteiger partial charge >= 0.3 is 6.09 Å². The Bertz CT molecular complexity index is 1490. The summed E-state index contributed by atoms with van der Waals surface area (Å²) in [6.45, 7) is 18.3. The molecule has 1 aliphatic carbocycles. The van der Waals surface area contributed by atoms with Gasteiger partial charge in [-0.2, -0.15) is 0 Å². The Morgan fingerprint density at radius 2 is 1.65 bits per heavy atom. The first-order valence-electron chi connectivity index (χ1n) is 19.9. The van der Waals surface area contributed by atoms with Gasteiger partial charge in [-0.25, -0.2) is 4.79 Å². The average Bonchev–Trinajstić information content (AvgIpc) is 3.37.